The SMILES string of the molecule is C[C@H](C(=O)N1CCCC1)N1CCC[C@H]([C@@]2(C)NC(=O)NC2=O)C1. The Labute approximate surface area is 136 Å². The predicted molar refractivity (Wildman–Crippen MR) is 84.7 cm³/mol. The van der Waals surface area contributed by atoms with Crippen LogP contribution >= 0.6 is 0 Å². The zero-order chi connectivity index (χ0) is 16.6. The molecule has 0 unspecified atom stereocenters. The summed E-state index contributed by atoms with van der Waals surface area (Å²) in [5, 5.41) is 5.11. The molecule has 23 heavy (non-hydrogen) atoms. The van der Waals surface area contributed by atoms with E-state index in [1.807, 2.05) is 11.8 Å². The summed E-state index contributed by atoms with van der Waals surface area (Å²) < 4.78 is 0. The Morgan fingerprint density at radius 3 is 2.52 bits per heavy atom. The molecular formula is C16H26N4O3. The van der Waals surface area contributed by atoms with Crippen LogP contribution in [0.25, 0.3) is 0 Å². The Morgan fingerprint density at radius 1 is 1.22 bits per heavy atom. The van der Waals surface area contributed by atoms with Gasteiger partial charge in [-0.25, -0.2) is 4.79 Å². The maximum absolute atomic E-state index is 12.6. The summed E-state index contributed by atoms with van der Waals surface area (Å²) in [6.45, 7) is 6.98. The number of hydrogen-bond acceptors (Lipinski definition) is 4. The van der Waals surface area contributed by atoms with Gasteiger partial charge in [0.1, 0.15) is 5.54 Å². The summed E-state index contributed by atoms with van der Waals surface area (Å²) >= 11 is 0. The topological polar surface area (TPSA) is 81.8 Å². The molecule has 3 heterocycles. The molecule has 0 aromatic heterocycles. The van der Waals surface area contributed by atoms with Crippen molar-refractivity contribution in [1.29, 1.82) is 0 Å². The number of likely N-dealkylation sites (tertiary alicyclic amines) is 2. The molecule has 0 bridgehead atoms. The maximum atomic E-state index is 12.6. The molecule has 2 N–H and O–H groups in total. The molecule has 0 radical (unpaired) electrons. The highest BCUT2D eigenvalue weighted by molar-refractivity contribution is 6.07. The molecule has 7 heteroatoms. The van der Waals surface area contributed by atoms with Crippen LogP contribution in [0, 0.1) is 5.92 Å². The Hall–Kier alpha value is -1.63. The second-order valence-corrected chi connectivity index (χ2v) is 7.15. The molecule has 3 aliphatic heterocycles. The minimum atomic E-state index is -0.869. The summed E-state index contributed by atoms with van der Waals surface area (Å²) in [4.78, 5) is 40.3. The number of amides is 4. The van der Waals surface area contributed by atoms with Crippen molar-refractivity contribution in [1.82, 2.24) is 20.4 Å². The van der Waals surface area contributed by atoms with Crippen LogP contribution in [0.1, 0.15) is 39.5 Å². The Morgan fingerprint density at radius 2 is 1.91 bits per heavy atom. The van der Waals surface area contributed by atoms with Crippen LogP contribution in [0.2, 0.25) is 0 Å². The van der Waals surface area contributed by atoms with E-state index in [1.54, 1.807) is 6.92 Å². The van der Waals surface area contributed by atoms with Crippen molar-refractivity contribution in [3.05, 3.63) is 0 Å². The first-order valence-corrected chi connectivity index (χ1v) is 8.58. The molecule has 3 fully saturated rings. The van der Waals surface area contributed by atoms with Crippen molar-refractivity contribution in [2.45, 2.75) is 51.1 Å². The third kappa shape index (κ3) is 2.94. The number of nitrogens with zero attached hydrogens (tertiary/aromatic N) is 2. The van der Waals surface area contributed by atoms with Gasteiger partial charge in [0.2, 0.25) is 5.91 Å². The first-order chi connectivity index (χ1) is 10.9. The van der Waals surface area contributed by atoms with Crippen LogP contribution in [-0.2, 0) is 9.59 Å². The second kappa shape index (κ2) is 6.11. The molecule has 128 valence electrons. The van der Waals surface area contributed by atoms with Crippen molar-refractivity contribution in [2.24, 2.45) is 5.92 Å². The number of carbonyl (C=O) groups is 3. The van der Waals surface area contributed by atoms with Crippen molar-refractivity contribution in [3.63, 3.8) is 0 Å². The van der Waals surface area contributed by atoms with Crippen LogP contribution in [0.15, 0.2) is 0 Å². The number of hydrogen-bond donors (Lipinski definition) is 2. The molecule has 3 atom stereocenters. The van der Waals surface area contributed by atoms with E-state index >= 15 is 0 Å². The van der Waals surface area contributed by atoms with Crippen LogP contribution in [-0.4, -0.2) is 65.4 Å². The lowest BCUT2D eigenvalue weighted by atomic mass is 9.79. The first kappa shape index (κ1) is 16.2. The fourth-order valence-electron chi connectivity index (χ4n) is 4.03. The number of rotatable bonds is 3. The first-order valence-electron chi connectivity index (χ1n) is 8.58. The summed E-state index contributed by atoms with van der Waals surface area (Å²) in [5.41, 5.74) is -0.869. The minimum Gasteiger partial charge on any atom is -0.341 e. The minimum absolute atomic E-state index is 0.0246. The van der Waals surface area contributed by atoms with Gasteiger partial charge in [-0.15, -0.1) is 0 Å². The van der Waals surface area contributed by atoms with Gasteiger partial charge in [0.05, 0.1) is 6.04 Å². The zero-order valence-electron chi connectivity index (χ0n) is 13.9. The van der Waals surface area contributed by atoms with Gasteiger partial charge < -0.3 is 10.2 Å². The van der Waals surface area contributed by atoms with Gasteiger partial charge in [0, 0.05) is 25.6 Å². The molecule has 3 rings (SSSR count). The highest BCUT2D eigenvalue weighted by atomic mass is 16.2. The van der Waals surface area contributed by atoms with E-state index < -0.39 is 11.6 Å². The largest absolute Gasteiger partial charge is 0.341 e. The average molecular weight is 322 g/mol. The maximum Gasteiger partial charge on any atom is 0.322 e. The third-order valence-corrected chi connectivity index (χ3v) is 5.66. The molecule has 7 nitrogen and oxygen atoms in total. The average Bonchev–Trinajstić information content (AvgIpc) is 3.15. The number of carbonyl (C=O) groups excluding carboxylic acids is 3. The lowest BCUT2D eigenvalue weighted by Crippen LogP contribution is -2.58. The van der Waals surface area contributed by atoms with Gasteiger partial charge in [-0.3, -0.25) is 19.8 Å². The fourth-order valence-corrected chi connectivity index (χ4v) is 4.03. The lowest BCUT2D eigenvalue weighted by molar-refractivity contribution is -0.136. The van der Waals surface area contributed by atoms with Gasteiger partial charge in [-0.2, -0.15) is 0 Å². The molecule has 3 saturated heterocycles. The van der Waals surface area contributed by atoms with Crippen LogP contribution in [0.5, 0.6) is 0 Å². The van der Waals surface area contributed by atoms with Crippen molar-refractivity contribution in [3.8, 4) is 0 Å². The number of urea groups is 1. The van der Waals surface area contributed by atoms with E-state index in [9.17, 15) is 14.4 Å². The van der Waals surface area contributed by atoms with Gasteiger partial charge in [-0.05, 0) is 46.1 Å². The number of imide groups is 1. The van der Waals surface area contributed by atoms with Crippen LogP contribution < -0.4 is 10.6 Å². The van der Waals surface area contributed by atoms with Crippen molar-refractivity contribution in [2.75, 3.05) is 26.2 Å². The fraction of sp³-hybridized carbons (Fsp3) is 0.812. The Kier molecular flexibility index (Phi) is 4.31. The van der Waals surface area contributed by atoms with E-state index in [4.69, 9.17) is 0 Å². The smallest absolute Gasteiger partial charge is 0.322 e. The normalized spacial score (nSPS) is 33.5. The molecule has 3 aliphatic rings. The Balaban J connectivity index is 1.67. The predicted octanol–water partition coefficient (Wildman–Crippen LogP) is 0.307. The highest BCUT2D eigenvalue weighted by Crippen LogP contribution is 2.30. The Bertz CT molecular complexity index is 517. The van der Waals surface area contributed by atoms with Crippen LogP contribution in [0.4, 0.5) is 4.79 Å². The molecule has 0 spiro atoms. The lowest BCUT2D eigenvalue weighted by Gasteiger charge is -2.42. The molecule has 0 aromatic rings. The quantitative estimate of drug-likeness (QED) is 0.733. The van der Waals surface area contributed by atoms with E-state index in [1.165, 1.54) is 0 Å². The van der Waals surface area contributed by atoms with Crippen LogP contribution in [0.3, 0.4) is 0 Å². The molecule has 0 aliphatic carbocycles. The molecular weight excluding hydrogens is 296 g/mol. The summed E-state index contributed by atoms with van der Waals surface area (Å²) in [6.07, 6.45) is 3.99. The molecule has 0 aromatic carbocycles. The third-order valence-electron chi connectivity index (χ3n) is 5.66. The van der Waals surface area contributed by atoms with Gasteiger partial charge >= 0.3 is 6.03 Å². The summed E-state index contributed by atoms with van der Waals surface area (Å²) in [6, 6.07) is -0.588. The molecule has 0 saturated carbocycles. The van der Waals surface area contributed by atoms with Gasteiger partial charge in [-0.1, -0.05) is 0 Å². The highest BCUT2D eigenvalue weighted by Gasteiger charge is 2.49. The number of nitrogens with one attached hydrogen (secondary N) is 2. The number of piperidine rings is 1. The van der Waals surface area contributed by atoms with E-state index in [0.29, 0.717) is 6.54 Å². The van der Waals surface area contributed by atoms with E-state index in [-0.39, 0.29) is 23.8 Å². The van der Waals surface area contributed by atoms with Gasteiger partial charge in [0.25, 0.3) is 5.91 Å². The van der Waals surface area contributed by atoms with E-state index in [0.717, 1.165) is 45.3 Å². The van der Waals surface area contributed by atoms with E-state index in [2.05, 4.69) is 15.5 Å². The standard InChI is InChI=1S/C16H26N4O3/c1-11(13(21)19-7-3-4-8-19)20-9-5-6-12(10-20)16(2)14(22)17-15(23)18-16/h11-12H,3-10H2,1-2H3,(H2,17,18,22,23)/t11-,12+,16-/m1/s1. The monoisotopic (exact) mass is 322 g/mol. The van der Waals surface area contributed by atoms with Crippen molar-refractivity contribution < 1.29 is 14.4 Å². The second-order valence-electron chi connectivity index (χ2n) is 7.15. The summed E-state index contributed by atoms with van der Waals surface area (Å²) in [7, 11) is 0. The van der Waals surface area contributed by atoms with Gasteiger partial charge in [0.15, 0.2) is 0 Å². The summed E-state index contributed by atoms with van der Waals surface area (Å²) in [5.74, 6) is -0.0439. The molecule has 4 amide bonds. The van der Waals surface area contributed by atoms with Crippen molar-refractivity contribution >= 4 is 17.8 Å². The zero-order valence-corrected chi connectivity index (χ0v) is 13.9.